The summed E-state index contributed by atoms with van der Waals surface area (Å²) < 4.78 is 0. The van der Waals surface area contributed by atoms with Crippen LogP contribution in [0.25, 0.3) is 0 Å². The first-order chi connectivity index (χ1) is 9.06. The average molecular weight is 269 g/mol. The van der Waals surface area contributed by atoms with Crippen molar-refractivity contribution in [2.45, 2.75) is 77.7 Å². The van der Waals surface area contributed by atoms with Crippen LogP contribution in [0.5, 0.6) is 0 Å². The van der Waals surface area contributed by atoms with E-state index in [1.165, 1.54) is 6.42 Å². The molecule has 0 radical (unpaired) electrons. The molecule has 0 spiro atoms. The molecule has 3 unspecified atom stereocenters. The Morgan fingerprint density at radius 1 is 1.47 bits per heavy atom. The molecule has 3 nitrogen and oxygen atoms in total. The molecule has 0 heterocycles. The molecule has 1 amide bonds. The molecule has 0 aromatic heterocycles. The Balaban J connectivity index is 2.60. The zero-order chi connectivity index (χ0) is 14.3. The van der Waals surface area contributed by atoms with Crippen LogP contribution in [-0.4, -0.2) is 23.2 Å². The van der Waals surface area contributed by atoms with Crippen molar-refractivity contribution >= 4 is 5.91 Å². The quantitative estimate of drug-likeness (QED) is 0.745. The van der Waals surface area contributed by atoms with E-state index in [0.717, 1.165) is 44.9 Å². The van der Waals surface area contributed by atoms with Gasteiger partial charge in [0.25, 0.3) is 0 Å². The van der Waals surface area contributed by atoms with Crippen LogP contribution in [0.3, 0.4) is 0 Å². The second-order valence-corrected chi connectivity index (χ2v) is 6.38. The lowest BCUT2D eigenvalue weighted by Crippen LogP contribution is -2.55. The zero-order valence-electron chi connectivity index (χ0n) is 12.9. The second kappa shape index (κ2) is 7.88. The minimum Gasteiger partial charge on any atom is -0.394 e. The third kappa shape index (κ3) is 4.79. The highest BCUT2D eigenvalue weighted by atomic mass is 16.3. The van der Waals surface area contributed by atoms with Crippen molar-refractivity contribution in [2.75, 3.05) is 6.61 Å². The predicted octanol–water partition coefficient (Wildman–Crippen LogP) is 3.26. The Hall–Kier alpha value is -0.570. The zero-order valence-corrected chi connectivity index (χ0v) is 12.9. The van der Waals surface area contributed by atoms with Gasteiger partial charge in [-0.25, -0.2) is 0 Å². The van der Waals surface area contributed by atoms with E-state index in [1.807, 2.05) is 0 Å². The monoisotopic (exact) mass is 269 g/mol. The number of rotatable bonds is 7. The van der Waals surface area contributed by atoms with Gasteiger partial charge < -0.3 is 10.4 Å². The van der Waals surface area contributed by atoms with E-state index in [-0.39, 0.29) is 24.0 Å². The van der Waals surface area contributed by atoms with Crippen molar-refractivity contribution in [3.63, 3.8) is 0 Å². The van der Waals surface area contributed by atoms with Crippen molar-refractivity contribution in [2.24, 2.45) is 11.8 Å². The number of hydrogen-bond donors (Lipinski definition) is 2. The van der Waals surface area contributed by atoms with E-state index in [1.54, 1.807) is 0 Å². The van der Waals surface area contributed by atoms with E-state index < -0.39 is 0 Å². The maximum Gasteiger partial charge on any atom is 0.223 e. The molecule has 0 aliphatic heterocycles. The molecule has 2 N–H and O–H groups in total. The molecule has 1 saturated carbocycles. The molecule has 1 fully saturated rings. The van der Waals surface area contributed by atoms with Crippen LogP contribution in [0.2, 0.25) is 0 Å². The summed E-state index contributed by atoms with van der Waals surface area (Å²) in [4.78, 5) is 12.4. The molecular formula is C16H31NO2. The Bertz CT molecular complexity index is 280. The van der Waals surface area contributed by atoms with Crippen molar-refractivity contribution in [1.29, 1.82) is 0 Å². The van der Waals surface area contributed by atoms with Gasteiger partial charge in [-0.2, -0.15) is 0 Å². The largest absolute Gasteiger partial charge is 0.394 e. The highest BCUT2D eigenvalue weighted by Crippen LogP contribution is 2.32. The highest BCUT2D eigenvalue weighted by molar-refractivity contribution is 5.79. The van der Waals surface area contributed by atoms with Gasteiger partial charge in [-0.1, -0.05) is 46.5 Å². The first-order valence-electron chi connectivity index (χ1n) is 7.99. The Morgan fingerprint density at radius 2 is 2.21 bits per heavy atom. The molecule has 0 saturated heterocycles. The van der Waals surface area contributed by atoms with E-state index in [2.05, 4.69) is 26.1 Å². The molecule has 1 rings (SSSR count). The number of nitrogens with one attached hydrogen (secondary N) is 1. The number of aliphatic hydroxyl groups is 1. The van der Waals surface area contributed by atoms with Crippen LogP contribution < -0.4 is 5.32 Å². The summed E-state index contributed by atoms with van der Waals surface area (Å²) in [6, 6.07) is 0. The molecule has 3 heteroatoms. The van der Waals surface area contributed by atoms with Crippen LogP contribution in [0.1, 0.15) is 72.1 Å². The fourth-order valence-corrected chi connectivity index (χ4v) is 3.29. The van der Waals surface area contributed by atoms with Crippen molar-refractivity contribution in [3.05, 3.63) is 0 Å². The molecule has 0 bridgehead atoms. The summed E-state index contributed by atoms with van der Waals surface area (Å²) in [6.45, 7) is 6.52. The summed E-state index contributed by atoms with van der Waals surface area (Å²) >= 11 is 0. The number of hydrogen-bond acceptors (Lipinski definition) is 2. The van der Waals surface area contributed by atoms with Crippen molar-refractivity contribution < 1.29 is 9.90 Å². The number of carbonyl (C=O) groups excluding carboxylic acids is 1. The SMILES string of the molecule is CCCCC(CC)C(=O)NC1(CO)CCCC(C)C1. The molecule has 0 aromatic carbocycles. The molecule has 1 aliphatic rings. The summed E-state index contributed by atoms with van der Waals surface area (Å²) in [5.41, 5.74) is -0.353. The number of carbonyl (C=O) groups is 1. The predicted molar refractivity (Wildman–Crippen MR) is 78.9 cm³/mol. The number of unbranched alkanes of at least 4 members (excludes halogenated alkanes) is 1. The Labute approximate surface area is 118 Å². The molecule has 19 heavy (non-hydrogen) atoms. The van der Waals surface area contributed by atoms with Crippen LogP contribution >= 0.6 is 0 Å². The Kier molecular flexibility index (Phi) is 6.84. The van der Waals surface area contributed by atoms with E-state index in [9.17, 15) is 9.90 Å². The lowest BCUT2D eigenvalue weighted by Gasteiger charge is -2.40. The molecule has 1 aliphatic carbocycles. The van der Waals surface area contributed by atoms with Crippen LogP contribution in [0.4, 0.5) is 0 Å². The smallest absolute Gasteiger partial charge is 0.223 e. The van der Waals surface area contributed by atoms with Gasteiger partial charge in [0.1, 0.15) is 0 Å². The second-order valence-electron chi connectivity index (χ2n) is 6.38. The maximum atomic E-state index is 12.4. The molecule has 0 aromatic rings. The van der Waals surface area contributed by atoms with Crippen LogP contribution in [-0.2, 0) is 4.79 Å². The highest BCUT2D eigenvalue weighted by Gasteiger charge is 2.36. The summed E-state index contributed by atoms with van der Waals surface area (Å²) in [5, 5.41) is 12.9. The van der Waals surface area contributed by atoms with Crippen LogP contribution in [0, 0.1) is 11.8 Å². The number of amides is 1. The molecular weight excluding hydrogens is 238 g/mol. The van der Waals surface area contributed by atoms with E-state index in [0.29, 0.717) is 5.92 Å². The third-order valence-corrected chi connectivity index (χ3v) is 4.55. The minimum atomic E-state index is -0.353. The number of aliphatic hydroxyl groups excluding tert-OH is 1. The minimum absolute atomic E-state index is 0.0767. The van der Waals surface area contributed by atoms with E-state index >= 15 is 0 Å². The normalized spacial score (nSPS) is 28.9. The molecule has 112 valence electrons. The first-order valence-corrected chi connectivity index (χ1v) is 7.99. The van der Waals surface area contributed by atoms with Gasteiger partial charge >= 0.3 is 0 Å². The first kappa shape index (κ1) is 16.5. The lowest BCUT2D eigenvalue weighted by atomic mass is 9.76. The fourth-order valence-electron chi connectivity index (χ4n) is 3.29. The van der Waals surface area contributed by atoms with Gasteiger partial charge in [0.2, 0.25) is 5.91 Å². The van der Waals surface area contributed by atoms with E-state index in [4.69, 9.17) is 0 Å². The van der Waals surface area contributed by atoms with Gasteiger partial charge in [0.15, 0.2) is 0 Å². The maximum absolute atomic E-state index is 12.4. The topological polar surface area (TPSA) is 49.3 Å². The van der Waals surface area contributed by atoms with Gasteiger partial charge in [0, 0.05) is 5.92 Å². The van der Waals surface area contributed by atoms with Crippen molar-refractivity contribution in [3.8, 4) is 0 Å². The van der Waals surface area contributed by atoms with Gasteiger partial charge in [0.05, 0.1) is 12.1 Å². The standard InChI is InChI=1S/C16H31NO2/c1-4-6-9-14(5-2)15(19)17-16(12-18)10-7-8-13(3)11-16/h13-14,18H,4-12H2,1-3H3,(H,17,19). The van der Waals surface area contributed by atoms with Gasteiger partial charge in [-0.3, -0.25) is 4.79 Å². The van der Waals surface area contributed by atoms with Crippen LogP contribution in [0.15, 0.2) is 0 Å². The fraction of sp³-hybridized carbons (Fsp3) is 0.938. The van der Waals surface area contributed by atoms with Gasteiger partial charge in [-0.05, 0) is 31.6 Å². The Morgan fingerprint density at radius 3 is 2.74 bits per heavy atom. The summed E-state index contributed by atoms with van der Waals surface area (Å²) in [5.74, 6) is 0.858. The third-order valence-electron chi connectivity index (χ3n) is 4.55. The molecule has 3 atom stereocenters. The lowest BCUT2D eigenvalue weighted by molar-refractivity contribution is -0.128. The van der Waals surface area contributed by atoms with Crippen molar-refractivity contribution in [1.82, 2.24) is 5.32 Å². The summed E-state index contributed by atoms with van der Waals surface area (Å²) in [7, 11) is 0. The van der Waals surface area contributed by atoms with Gasteiger partial charge in [-0.15, -0.1) is 0 Å². The summed E-state index contributed by atoms with van der Waals surface area (Å²) in [6.07, 6.45) is 8.25. The average Bonchev–Trinajstić information content (AvgIpc) is 2.39.